The van der Waals surface area contributed by atoms with Gasteiger partial charge in [0.15, 0.2) is 0 Å². The molecule has 5 rings (SSSR count). The van der Waals surface area contributed by atoms with Crippen molar-refractivity contribution in [3.63, 3.8) is 0 Å². The van der Waals surface area contributed by atoms with E-state index in [1.807, 2.05) is 18.2 Å². The molecular weight excluding hydrogens is 635 g/mol. The molecule has 1 aromatic heterocycles. The Morgan fingerprint density at radius 3 is 2.05 bits per heavy atom. The highest BCUT2D eigenvalue weighted by molar-refractivity contribution is 7.99. The topological polar surface area (TPSA) is 126 Å². The number of hydrogen-bond acceptors (Lipinski definition) is 6. The second-order valence-corrected chi connectivity index (χ2v) is 11.2. The van der Waals surface area contributed by atoms with Crippen molar-refractivity contribution in [2.24, 2.45) is 0 Å². The number of fused-ring (bicyclic) bond motifs is 1. The summed E-state index contributed by atoms with van der Waals surface area (Å²) in [6, 6.07) is 23.0. The zero-order valence-corrected chi connectivity index (χ0v) is 25.2. The van der Waals surface area contributed by atoms with Gasteiger partial charge in [-0.25, -0.2) is 23.9 Å². The number of nitrogens with zero attached hydrogens (tertiary/aromatic N) is 2. The number of rotatable bonds is 6. The minimum atomic E-state index is -0.773. The summed E-state index contributed by atoms with van der Waals surface area (Å²) in [4.78, 5) is 43.7. The monoisotopic (exact) mass is 654 g/mol. The fourth-order valence-corrected chi connectivity index (χ4v) is 5.15. The number of carbonyl (C=O) groups is 3. The molecule has 0 aliphatic carbocycles. The number of halogens is 3. The van der Waals surface area contributed by atoms with Gasteiger partial charge in [-0.3, -0.25) is 5.32 Å². The van der Waals surface area contributed by atoms with Crippen LogP contribution in [-0.4, -0.2) is 34.8 Å². The number of nitrogens with one attached hydrogen (secondary N) is 4. The van der Waals surface area contributed by atoms with E-state index in [1.54, 1.807) is 66.7 Å². The third-order valence-corrected chi connectivity index (χ3v) is 7.84. The van der Waals surface area contributed by atoms with Crippen molar-refractivity contribution in [2.45, 2.75) is 9.79 Å². The van der Waals surface area contributed by atoms with Gasteiger partial charge in [-0.1, -0.05) is 46.6 Å². The molecule has 1 heterocycles. The lowest BCUT2D eigenvalue weighted by atomic mass is 10.3. The van der Waals surface area contributed by atoms with Gasteiger partial charge in [-0.05, 0) is 84.9 Å². The van der Waals surface area contributed by atoms with Crippen LogP contribution in [0.15, 0.2) is 94.7 Å². The average molecular weight is 656 g/mol. The number of methoxy groups -OCH3 is 1. The maximum absolute atomic E-state index is 13.2. The van der Waals surface area contributed by atoms with Crippen LogP contribution in [0.3, 0.4) is 0 Å². The number of hydrogen-bond donors (Lipinski definition) is 4. The van der Waals surface area contributed by atoms with Crippen molar-refractivity contribution in [3.8, 4) is 0 Å². The van der Waals surface area contributed by atoms with Crippen molar-refractivity contribution in [1.82, 2.24) is 9.55 Å². The van der Waals surface area contributed by atoms with Crippen LogP contribution in [0, 0.1) is 0 Å². The number of amides is 4. The summed E-state index contributed by atoms with van der Waals surface area (Å²) in [5.41, 5.74) is 2.54. The molecule has 4 N–H and O–H groups in total. The van der Waals surface area contributed by atoms with E-state index >= 15 is 0 Å². The molecule has 0 bridgehead atoms. The molecule has 0 saturated heterocycles. The minimum absolute atomic E-state index is 0.00922. The van der Waals surface area contributed by atoms with Crippen molar-refractivity contribution < 1.29 is 19.1 Å². The second-order valence-electron chi connectivity index (χ2n) is 8.81. The Morgan fingerprint density at radius 2 is 1.35 bits per heavy atom. The lowest BCUT2D eigenvalue weighted by Crippen LogP contribution is -2.23. The molecule has 4 amide bonds. The van der Waals surface area contributed by atoms with Gasteiger partial charge in [-0.2, -0.15) is 0 Å². The molecule has 218 valence electrons. The summed E-state index contributed by atoms with van der Waals surface area (Å²) in [7, 11) is 1.22. The number of aromatic nitrogens is 2. The second kappa shape index (κ2) is 13.3. The van der Waals surface area contributed by atoms with Gasteiger partial charge in [-0.15, -0.1) is 0 Å². The summed E-state index contributed by atoms with van der Waals surface area (Å²) < 4.78 is 5.95. The Kier molecular flexibility index (Phi) is 9.27. The third-order valence-electron chi connectivity index (χ3n) is 5.85. The number of benzene rings is 4. The average Bonchev–Trinajstić information content (AvgIpc) is 3.34. The smallest absolute Gasteiger partial charge is 0.413 e. The molecule has 0 unspecified atom stereocenters. The highest BCUT2D eigenvalue weighted by Gasteiger charge is 2.20. The molecular formula is C29H21Cl3N6O4S. The quantitative estimate of drug-likeness (QED) is 0.145. The number of imidazole rings is 1. The van der Waals surface area contributed by atoms with Crippen LogP contribution in [-0.2, 0) is 4.74 Å². The van der Waals surface area contributed by atoms with E-state index in [-0.39, 0.29) is 5.95 Å². The predicted molar refractivity (Wildman–Crippen MR) is 171 cm³/mol. The van der Waals surface area contributed by atoms with Crippen molar-refractivity contribution in [1.29, 1.82) is 0 Å². The normalized spacial score (nSPS) is 10.7. The van der Waals surface area contributed by atoms with Gasteiger partial charge in [0.1, 0.15) is 0 Å². The Balaban J connectivity index is 1.30. The van der Waals surface area contributed by atoms with E-state index < -0.39 is 18.2 Å². The Bertz CT molecular complexity index is 1830. The highest BCUT2D eigenvalue weighted by Crippen LogP contribution is 2.32. The fourth-order valence-electron chi connectivity index (χ4n) is 3.88. The molecule has 14 heteroatoms. The lowest BCUT2D eigenvalue weighted by Gasteiger charge is -2.10. The first kappa shape index (κ1) is 30.1. The number of carbonyl (C=O) groups excluding carboxylic acids is 3. The van der Waals surface area contributed by atoms with Crippen LogP contribution in [0.25, 0.3) is 11.0 Å². The number of anilines is 4. The molecule has 0 saturated carbocycles. The molecule has 0 aliphatic rings. The number of urea groups is 1. The maximum atomic E-state index is 13.2. The molecule has 0 fully saturated rings. The van der Waals surface area contributed by atoms with Crippen molar-refractivity contribution in [3.05, 3.63) is 100.0 Å². The van der Waals surface area contributed by atoms with Gasteiger partial charge in [0.2, 0.25) is 5.95 Å². The van der Waals surface area contributed by atoms with Crippen LogP contribution in [0.4, 0.5) is 37.4 Å². The third kappa shape index (κ3) is 7.51. The van der Waals surface area contributed by atoms with E-state index in [9.17, 15) is 14.4 Å². The SMILES string of the molecule is COC(=O)Nc1nc2cc(Sc3ccc(NC(=O)Nc4ccc(Cl)c(Cl)c4)cc3)ccc2n1C(=O)Nc1ccc(Cl)cc1. The molecule has 43 heavy (non-hydrogen) atoms. The Labute approximate surface area is 264 Å². The molecule has 0 atom stereocenters. The summed E-state index contributed by atoms with van der Waals surface area (Å²) >= 11 is 19.3. The highest BCUT2D eigenvalue weighted by atomic mass is 35.5. The zero-order valence-electron chi connectivity index (χ0n) is 22.2. The van der Waals surface area contributed by atoms with E-state index in [1.165, 1.54) is 23.4 Å². The van der Waals surface area contributed by atoms with E-state index in [2.05, 4.69) is 26.3 Å². The summed E-state index contributed by atoms with van der Waals surface area (Å²) in [5, 5.41) is 12.0. The Morgan fingerprint density at radius 1 is 0.721 bits per heavy atom. The predicted octanol–water partition coefficient (Wildman–Crippen LogP) is 9.05. The van der Waals surface area contributed by atoms with Gasteiger partial charge >= 0.3 is 18.2 Å². The summed E-state index contributed by atoms with van der Waals surface area (Å²) in [6.07, 6.45) is -0.773. The first-order chi connectivity index (χ1) is 20.7. The van der Waals surface area contributed by atoms with Crippen LogP contribution in [0.1, 0.15) is 0 Å². The van der Waals surface area contributed by atoms with Gasteiger partial charge in [0.05, 0.1) is 28.2 Å². The zero-order chi connectivity index (χ0) is 30.5. The maximum Gasteiger partial charge on any atom is 0.413 e. The van der Waals surface area contributed by atoms with Gasteiger partial charge < -0.3 is 20.7 Å². The standard InChI is InChI=1S/C29H21Cl3N6O4S/c1-42-29(41)37-26-36-24-15-21(11-13-25(24)38(26)28(40)35-18-4-2-16(30)3-5-18)43-20-9-6-17(7-10-20)33-27(39)34-19-8-12-22(31)23(32)14-19/h2-15H,1H3,(H,35,40)(H2,33,34,39)(H,36,37,41). The van der Waals surface area contributed by atoms with E-state index in [4.69, 9.17) is 39.5 Å². The molecule has 0 radical (unpaired) electrons. The molecule has 0 aliphatic heterocycles. The van der Waals surface area contributed by atoms with Crippen LogP contribution >= 0.6 is 46.6 Å². The fraction of sp³-hybridized carbons (Fsp3) is 0.0345. The summed E-state index contributed by atoms with van der Waals surface area (Å²) in [5.74, 6) is -0.00922. The van der Waals surface area contributed by atoms with Crippen LogP contribution < -0.4 is 21.3 Å². The van der Waals surface area contributed by atoms with E-state index in [0.29, 0.717) is 43.2 Å². The lowest BCUT2D eigenvalue weighted by molar-refractivity contribution is 0.186. The van der Waals surface area contributed by atoms with Gasteiger partial charge in [0, 0.05) is 31.9 Å². The van der Waals surface area contributed by atoms with E-state index in [0.717, 1.165) is 9.79 Å². The molecule has 5 aromatic rings. The van der Waals surface area contributed by atoms with Crippen molar-refractivity contribution >= 4 is 98.8 Å². The minimum Gasteiger partial charge on any atom is -0.453 e. The van der Waals surface area contributed by atoms with Crippen LogP contribution in [0.2, 0.25) is 15.1 Å². The van der Waals surface area contributed by atoms with Crippen LogP contribution in [0.5, 0.6) is 0 Å². The van der Waals surface area contributed by atoms with Gasteiger partial charge in [0.25, 0.3) is 0 Å². The molecule has 10 nitrogen and oxygen atoms in total. The first-order valence-corrected chi connectivity index (χ1v) is 14.4. The largest absolute Gasteiger partial charge is 0.453 e. The molecule has 4 aromatic carbocycles. The Hall–Kier alpha value is -4.42. The number of ether oxygens (including phenoxy) is 1. The molecule has 0 spiro atoms. The first-order valence-electron chi connectivity index (χ1n) is 12.4. The summed E-state index contributed by atoms with van der Waals surface area (Å²) in [6.45, 7) is 0. The van der Waals surface area contributed by atoms with Crippen molar-refractivity contribution in [2.75, 3.05) is 28.4 Å².